The van der Waals surface area contributed by atoms with E-state index in [0.717, 1.165) is 16.4 Å². The van der Waals surface area contributed by atoms with Crippen LogP contribution in [0.2, 0.25) is 0 Å². The third-order valence-electron chi connectivity index (χ3n) is 4.16. The minimum atomic E-state index is -3.88. The normalized spacial score (nSPS) is 19.4. The first-order valence-corrected chi connectivity index (χ1v) is 10.1. The summed E-state index contributed by atoms with van der Waals surface area (Å²) in [7, 11) is -3.88. The van der Waals surface area contributed by atoms with Crippen molar-refractivity contribution in [3.63, 3.8) is 0 Å². The van der Waals surface area contributed by atoms with Crippen molar-refractivity contribution in [1.82, 2.24) is 9.62 Å². The predicted octanol–water partition coefficient (Wildman–Crippen LogP) is 1.91. The monoisotopic (exact) mass is 383 g/mol. The molecule has 1 aromatic rings. The van der Waals surface area contributed by atoms with Gasteiger partial charge in [0.05, 0.1) is 17.5 Å². The second-order valence-corrected chi connectivity index (χ2v) is 8.73. The molecule has 0 saturated carbocycles. The molecule has 1 heterocycles. The molecule has 0 spiro atoms. The van der Waals surface area contributed by atoms with Crippen LogP contribution in [0, 0.1) is 18.2 Å². The smallest absolute Gasteiger partial charge is 0.243 e. The quantitative estimate of drug-likeness (QED) is 0.813. The van der Waals surface area contributed by atoms with E-state index in [9.17, 15) is 22.4 Å². The maximum absolute atomic E-state index is 13.0. The second-order valence-electron chi connectivity index (χ2n) is 6.80. The van der Waals surface area contributed by atoms with Crippen LogP contribution in [0.25, 0.3) is 0 Å². The average Bonchev–Trinajstić information content (AvgIpc) is 2.76. The average molecular weight is 383 g/mol. The molecule has 1 fully saturated rings. The van der Waals surface area contributed by atoms with E-state index in [2.05, 4.69) is 5.32 Å². The van der Waals surface area contributed by atoms with Crippen molar-refractivity contribution in [1.29, 1.82) is 0 Å². The van der Waals surface area contributed by atoms with E-state index in [1.54, 1.807) is 0 Å². The lowest BCUT2D eigenvalue weighted by Gasteiger charge is -2.20. The number of rotatable bonds is 6. The highest BCUT2D eigenvalue weighted by Crippen LogP contribution is 2.20. The first-order chi connectivity index (χ1) is 12.2. The van der Waals surface area contributed by atoms with E-state index in [4.69, 9.17) is 0 Å². The van der Waals surface area contributed by atoms with E-state index in [1.165, 1.54) is 18.6 Å². The Morgan fingerprint density at radius 1 is 1.35 bits per heavy atom. The Balaban J connectivity index is 2.04. The third kappa shape index (κ3) is 5.35. The number of carbonyl (C=O) groups excluding carboxylic acids is 2. The fraction of sp³-hybridized carbons (Fsp3) is 0.500. The molecule has 26 heavy (non-hydrogen) atoms. The molecule has 0 aromatic heterocycles. The van der Waals surface area contributed by atoms with E-state index < -0.39 is 21.9 Å². The van der Waals surface area contributed by atoms with Gasteiger partial charge in [0, 0.05) is 13.0 Å². The second kappa shape index (κ2) is 8.73. The summed E-state index contributed by atoms with van der Waals surface area (Å²) in [5.74, 6) is -0.857. The van der Waals surface area contributed by atoms with Crippen molar-refractivity contribution < 1.29 is 22.4 Å². The van der Waals surface area contributed by atoms with Gasteiger partial charge in [-0.25, -0.2) is 12.8 Å². The molecule has 1 aromatic carbocycles. The van der Waals surface area contributed by atoms with Crippen molar-refractivity contribution in [3.05, 3.63) is 36.5 Å². The maximum Gasteiger partial charge on any atom is 0.243 e. The number of benzene rings is 1. The standard InChI is InChI=1S/C18H24FN2O4S/c1-13(2)5-10-18(23)20-16-4-3-11-21(12-17(16)22)26(24,25)15-8-6-14(19)7-9-15/h6-10,13,16H,3-5,11-12H2,1-2H3,(H,20,23). The van der Waals surface area contributed by atoms with Gasteiger partial charge in [-0.05, 0) is 49.4 Å². The molecule has 143 valence electrons. The van der Waals surface area contributed by atoms with Gasteiger partial charge >= 0.3 is 0 Å². The van der Waals surface area contributed by atoms with Gasteiger partial charge in [-0.1, -0.05) is 13.8 Å². The minimum Gasteiger partial charge on any atom is -0.346 e. The molecule has 2 rings (SSSR count). The van der Waals surface area contributed by atoms with Gasteiger partial charge in [0.2, 0.25) is 15.9 Å². The van der Waals surface area contributed by atoms with Crippen LogP contribution < -0.4 is 5.32 Å². The summed E-state index contributed by atoms with van der Waals surface area (Å²) in [6.45, 7) is 3.83. The van der Waals surface area contributed by atoms with Crippen LogP contribution in [-0.4, -0.2) is 43.5 Å². The molecule has 1 N–H and O–H groups in total. The highest BCUT2D eigenvalue weighted by molar-refractivity contribution is 7.89. The molecule has 1 aliphatic rings. The molecular formula is C18H24FN2O4S. The molecule has 1 atom stereocenters. The van der Waals surface area contributed by atoms with Gasteiger partial charge in [0.25, 0.3) is 0 Å². The molecule has 8 heteroatoms. The number of hydrogen-bond donors (Lipinski definition) is 1. The number of amides is 1. The summed E-state index contributed by atoms with van der Waals surface area (Å²) >= 11 is 0. The molecule has 1 unspecified atom stereocenters. The third-order valence-corrected chi connectivity index (χ3v) is 6.02. The first-order valence-electron chi connectivity index (χ1n) is 8.62. The Morgan fingerprint density at radius 2 is 2.00 bits per heavy atom. The summed E-state index contributed by atoms with van der Waals surface area (Å²) in [5.41, 5.74) is 0. The summed E-state index contributed by atoms with van der Waals surface area (Å²) < 4.78 is 39.4. The SMILES string of the molecule is CC(C)C[CH]C(=O)NC1CCCN(S(=O)(=O)c2ccc(F)cc2)CC1=O. The summed E-state index contributed by atoms with van der Waals surface area (Å²) in [5, 5.41) is 2.67. The van der Waals surface area contributed by atoms with Gasteiger partial charge < -0.3 is 5.32 Å². The number of ketones is 1. The Morgan fingerprint density at radius 3 is 2.62 bits per heavy atom. The van der Waals surface area contributed by atoms with Crippen LogP contribution >= 0.6 is 0 Å². The van der Waals surface area contributed by atoms with Crippen LogP contribution in [0.15, 0.2) is 29.2 Å². The summed E-state index contributed by atoms with van der Waals surface area (Å²) in [6, 6.07) is 3.81. The molecule has 0 aliphatic carbocycles. The predicted molar refractivity (Wildman–Crippen MR) is 95.1 cm³/mol. The zero-order valence-corrected chi connectivity index (χ0v) is 15.8. The molecule has 1 amide bonds. The van der Waals surface area contributed by atoms with Crippen molar-refractivity contribution in [2.45, 2.75) is 44.0 Å². The Labute approximate surface area is 153 Å². The van der Waals surface area contributed by atoms with Crippen LogP contribution in [0.5, 0.6) is 0 Å². The number of nitrogens with zero attached hydrogens (tertiary/aromatic N) is 1. The zero-order valence-electron chi connectivity index (χ0n) is 14.9. The van der Waals surface area contributed by atoms with Gasteiger partial charge in [-0.2, -0.15) is 4.31 Å². The zero-order chi connectivity index (χ0) is 19.3. The maximum atomic E-state index is 13.0. The van der Waals surface area contributed by atoms with Crippen LogP contribution in [-0.2, 0) is 19.6 Å². The van der Waals surface area contributed by atoms with E-state index in [0.29, 0.717) is 25.2 Å². The van der Waals surface area contributed by atoms with Crippen molar-refractivity contribution in [2.24, 2.45) is 5.92 Å². The van der Waals surface area contributed by atoms with Crippen LogP contribution in [0.3, 0.4) is 0 Å². The molecule has 6 nitrogen and oxygen atoms in total. The van der Waals surface area contributed by atoms with Gasteiger partial charge in [0.15, 0.2) is 5.78 Å². The summed E-state index contributed by atoms with van der Waals surface area (Å²) in [4.78, 5) is 24.3. The number of sulfonamides is 1. The lowest BCUT2D eigenvalue weighted by atomic mass is 10.1. The number of hydrogen-bond acceptors (Lipinski definition) is 4. The van der Waals surface area contributed by atoms with Crippen molar-refractivity contribution in [2.75, 3.05) is 13.1 Å². The van der Waals surface area contributed by atoms with Crippen LogP contribution in [0.4, 0.5) is 4.39 Å². The Hall–Kier alpha value is -1.80. The topological polar surface area (TPSA) is 83.6 Å². The molecule has 0 bridgehead atoms. The summed E-state index contributed by atoms with van der Waals surface area (Å²) in [6.07, 6.45) is 2.95. The largest absolute Gasteiger partial charge is 0.346 e. The van der Waals surface area contributed by atoms with Gasteiger partial charge in [-0.3, -0.25) is 9.59 Å². The minimum absolute atomic E-state index is 0.0561. The highest BCUT2D eigenvalue weighted by atomic mass is 32.2. The first kappa shape index (κ1) is 20.5. The lowest BCUT2D eigenvalue weighted by molar-refractivity contribution is -0.126. The lowest BCUT2D eigenvalue weighted by Crippen LogP contribution is -2.44. The number of nitrogens with one attached hydrogen (secondary N) is 1. The highest BCUT2D eigenvalue weighted by Gasteiger charge is 2.32. The fourth-order valence-corrected chi connectivity index (χ4v) is 4.13. The van der Waals surface area contributed by atoms with E-state index in [1.807, 2.05) is 13.8 Å². The van der Waals surface area contributed by atoms with Crippen molar-refractivity contribution >= 4 is 21.7 Å². The Kier molecular flexibility index (Phi) is 6.88. The van der Waals surface area contributed by atoms with Crippen LogP contribution in [0.1, 0.15) is 33.1 Å². The van der Waals surface area contributed by atoms with Gasteiger partial charge in [-0.15, -0.1) is 0 Å². The number of halogens is 1. The fourth-order valence-electron chi connectivity index (χ4n) is 2.68. The Bertz CT molecular complexity index is 747. The molecule has 1 saturated heterocycles. The number of Topliss-reactive ketones (excluding diaryl/α,β-unsaturated/α-hetero) is 1. The molecule has 1 radical (unpaired) electrons. The number of carbonyl (C=O) groups is 2. The van der Waals surface area contributed by atoms with Crippen molar-refractivity contribution in [3.8, 4) is 0 Å². The molecular weight excluding hydrogens is 359 g/mol. The van der Waals surface area contributed by atoms with E-state index >= 15 is 0 Å². The van der Waals surface area contributed by atoms with E-state index in [-0.39, 0.29) is 29.7 Å². The molecule has 1 aliphatic heterocycles. The van der Waals surface area contributed by atoms with Gasteiger partial charge in [0.1, 0.15) is 5.82 Å².